The highest BCUT2D eigenvalue weighted by atomic mass is 35.5. The molecule has 0 aliphatic rings. The lowest BCUT2D eigenvalue weighted by Gasteiger charge is -2.04. The molecule has 0 saturated heterocycles. The van der Waals surface area contributed by atoms with Crippen LogP contribution in [0.1, 0.15) is 10.5 Å². The highest BCUT2D eigenvalue weighted by molar-refractivity contribution is 6.29. The van der Waals surface area contributed by atoms with Crippen LogP contribution in [0.5, 0.6) is 0 Å². The van der Waals surface area contributed by atoms with E-state index in [1.807, 2.05) is 30.5 Å². The minimum Gasteiger partial charge on any atom is -0.361 e. The first-order valence-corrected chi connectivity index (χ1v) is 5.96. The topological polar surface area (TPSA) is 70.7 Å². The second-order valence-corrected chi connectivity index (χ2v) is 4.35. The van der Waals surface area contributed by atoms with Gasteiger partial charge in [-0.25, -0.2) is 4.98 Å². The van der Waals surface area contributed by atoms with Crippen molar-refractivity contribution in [3.63, 3.8) is 0 Å². The lowest BCUT2D eigenvalue weighted by molar-refractivity contribution is 0.102. The van der Waals surface area contributed by atoms with Crippen LogP contribution in [-0.2, 0) is 0 Å². The highest BCUT2D eigenvalue weighted by Crippen LogP contribution is 2.18. The van der Waals surface area contributed by atoms with Crippen molar-refractivity contribution in [1.82, 2.24) is 15.0 Å². The van der Waals surface area contributed by atoms with E-state index in [1.54, 1.807) is 0 Å². The Hall–Kier alpha value is -2.40. The number of halogens is 1. The fourth-order valence-electron chi connectivity index (χ4n) is 1.78. The number of hydrogen-bond acceptors (Lipinski definition) is 3. The number of aromatic nitrogens is 3. The van der Waals surface area contributed by atoms with Crippen LogP contribution in [0.25, 0.3) is 10.9 Å². The zero-order valence-electron chi connectivity index (χ0n) is 9.72. The predicted octanol–water partition coefficient (Wildman–Crippen LogP) is 2.86. The normalized spacial score (nSPS) is 10.6. The number of rotatable bonds is 2. The average molecular weight is 273 g/mol. The molecule has 0 fully saturated rings. The summed E-state index contributed by atoms with van der Waals surface area (Å²) in [6.07, 6.45) is 4.60. The number of fused-ring (bicyclic) bond motifs is 1. The van der Waals surface area contributed by atoms with Crippen LogP contribution < -0.4 is 5.32 Å². The highest BCUT2D eigenvalue weighted by Gasteiger charge is 2.09. The molecule has 0 aliphatic heterocycles. The van der Waals surface area contributed by atoms with Crippen molar-refractivity contribution >= 4 is 34.1 Å². The molecule has 0 aliphatic carbocycles. The van der Waals surface area contributed by atoms with Gasteiger partial charge >= 0.3 is 0 Å². The van der Waals surface area contributed by atoms with E-state index in [1.165, 1.54) is 12.4 Å². The van der Waals surface area contributed by atoms with E-state index in [4.69, 9.17) is 11.6 Å². The van der Waals surface area contributed by atoms with Gasteiger partial charge in [-0.3, -0.25) is 9.78 Å². The summed E-state index contributed by atoms with van der Waals surface area (Å²) in [5, 5.41) is 3.97. The molecule has 2 heterocycles. The molecule has 0 saturated carbocycles. The molecule has 3 aromatic rings. The van der Waals surface area contributed by atoms with Gasteiger partial charge in [-0.15, -0.1) is 0 Å². The average Bonchev–Trinajstić information content (AvgIpc) is 2.86. The first-order valence-electron chi connectivity index (χ1n) is 5.58. The van der Waals surface area contributed by atoms with Gasteiger partial charge in [0.05, 0.1) is 12.4 Å². The number of anilines is 1. The Morgan fingerprint density at radius 3 is 3.00 bits per heavy atom. The van der Waals surface area contributed by atoms with E-state index in [9.17, 15) is 4.79 Å². The van der Waals surface area contributed by atoms with Gasteiger partial charge in [0.2, 0.25) is 0 Å². The van der Waals surface area contributed by atoms with E-state index >= 15 is 0 Å². The summed E-state index contributed by atoms with van der Waals surface area (Å²) >= 11 is 5.70. The maximum absolute atomic E-state index is 12.0. The first-order chi connectivity index (χ1) is 9.22. The van der Waals surface area contributed by atoms with Crippen molar-refractivity contribution in [2.75, 3.05) is 5.32 Å². The number of nitrogens with one attached hydrogen (secondary N) is 2. The summed E-state index contributed by atoms with van der Waals surface area (Å²) in [6.45, 7) is 0. The number of carbonyl (C=O) groups is 1. The van der Waals surface area contributed by atoms with Crippen molar-refractivity contribution in [2.45, 2.75) is 0 Å². The molecule has 1 aromatic carbocycles. The number of carbonyl (C=O) groups excluding carboxylic acids is 1. The molecule has 1 amide bonds. The minimum absolute atomic E-state index is 0.182. The van der Waals surface area contributed by atoms with Crippen LogP contribution in [-0.4, -0.2) is 20.9 Å². The van der Waals surface area contributed by atoms with Crippen LogP contribution >= 0.6 is 11.6 Å². The molecular formula is C13H9ClN4O. The second kappa shape index (κ2) is 4.70. The molecule has 0 radical (unpaired) electrons. The SMILES string of the molecule is O=C(Nc1ccc2[nH]ccc2c1)c1cncc(Cl)n1. The number of nitrogens with zero attached hydrogens (tertiary/aromatic N) is 2. The number of aromatic amines is 1. The molecule has 3 rings (SSSR count). The molecule has 0 unspecified atom stereocenters. The lowest BCUT2D eigenvalue weighted by atomic mass is 10.2. The second-order valence-electron chi connectivity index (χ2n) is 3.96. The smallest absolute Gasteiger partial charge is 0.275 e. The molecule has 6 heteroatoms. The summed E-state index contributed by atoms with van der Waals surface area (Å²) in [7, 11) is 0. The summed E-state index contributed by atoms with van der Waals surface area (Å²) in [5.41, 5.74) is 1.89. The third-order valence-electron chi connectivity index (χ3n) is 2.65. The quantitative estimate of drug-likeness (QED) is 0.753. The maximum atomic E-state index is 12.0. The number of amides is 1. The van der Waals surface area contributed by atoms with Gasteiger partial charge in [0, 0.05) is 22.8 Å². The van der Waals surface area contributed by atoms with Crippen molar-refractivity contribution in [2.24, 2.45) is 0 Å². The Balaban J connectivity index is 1.86. The van der Waals surface area contributed by atoms with Crippen LogP contribution in [0.4, 0.5) is 5.69 Å². The largest absolute Gasteiger partial charge is 0.361 e. The standard InChI is InChI=1S/C13H9ClN4O/c14-12-7-15-6-11(18-12)13(19)17-9-1-2-10-8(5-9)3-4-16-10/h1-7,16H,(H,17,19). The number of hydrogen-bond donors (Lipinski definition) is 2. The van der Waals surface area contributed by atoms with Crippen LogP contribution in [0, 0.1) is 0 Å². The Morgan fingerprint density at radius 1 is 1.26 bits per heavy atom. The van der Waals surface area contributed by atoms with E-state index in [0.717, 1.165) is 10.9 Å². The van der Waals surface area contributed by atoms with Gasteiger partial charge in [0.1, 0.15) is 10.8 Å². The van der Waals surface area contributed by atoms with Crippen LogP contribution in [0.3, 0.4) is 0 Å². The number of benzene rings is 1. The molecule has 94 valence electrons. The Labute approximate surface area is 113 Å². The van der Waals surface area contributed by atoms with Gasteiger partial charge in [0.25, 0.3) is 5.91 Å². The first kappa shape index (κ1) is 11.7. The number of H-pyrrole nitrogens is 1. The summed E-state index contributed by atoms with van der Waals surface area (Å²) in [6, 6.07) is 7.52. The fourth-order valence-corrected chi connectivity index (χ4v) is 1.93. The minimum atomic E-state index is -0.343. The summed E-state index contributed by atoms with van der Waals surface area (Å²) < 4.78 is 0. The third-order valence-corrected chi connectivity index (χ3v) is 2.83. The van der Waals surface area contributed by atoms with Crippen LogP contribution in [0.15, 0.2) is 42.9 Å². The van der Waals surface area contributed by atoms with Crippen molar-refractivity contribution in [1.29, 1.82) is 0 Å². The lowest BCUT2D eigenvalue weighted by Crippen LogP contribution is -2.13. The zero-order chi connectivity index (χ0) is 13.2. The van der Waals surface area contributed by atoms with Gasteiger partial charge in [0.15, 0.2) is 0 Å². The Morgan fingerprint density at radius 2 is 2.16 bits per heavy atom. The monoisotopic (exact) mass is 272 g/mol. The molecule has 0 atom stereocenters. The van der Waals surface area contributed by atoms with E-state index < -0.39 is 0 Å². The Bertz CT molecular complexity index is 753. The zero-order valence-corrected chi connectivity index (χ0v) is 10.5. The van der Waals surface area contributed by atoms with E-state index in [0.29, 0.717) is 5.69 Å². The summed E-state index contributed by atoms with van der Waals surface area (Å²) in [5.74, 6) is -0.343. The van der Waals surface area contributed by atoms with E-state index in [-0.39, 0.29) is 16.8 Å². The van der Waals surface area contributed by atoms with Crippen molar-refractivity contribution in [3.05, 3.63) is 53.7 Å². The predicted molar refractivity (Wildman–Crippen MR) is 73.3 cm³/mol. The molecular weight excluding hydrogens is 264 g/mol. The van der Waals surface area contributed by atoms with Crippen molar-refractivity contribution < 1.29 is 4.79 Å². The van der Waals surface area contributed by atoms with Gasteiger partial charge in [-0.05, 0) is 24.3 Å². The van der Waals surface area contributed by atoms with Crippen molar-refractivity contribution in [3.8, 4) is 0 Å². The Kier molecular flexibility index (Phi) is 2.89. The molecule has 19 heavy (non-hydrogen) atoms. The molecule has 5 nitrogen and oxygen atoms in total. The summed E-state index contributed by atoms with van der Waals surface area (Å²) in [4.78, 5) is 22.8. The van der Waals surface area contributed by atoms with E-state index in [2.05, 4.69) is 20.3 Å². The molecule has 2 N–H and O–H groups in total. The fraction of sp³-hybridized carbons (Fsp3) is 0. The molecule has 2 aromatic heterocycles. The maximum Gasteiger partial charge on any atom is 0.275 e. The van der Waals surface area contributed by atoms with Gasteiger partial charge < -0.3 is 10.3 Å². The third kappa shape index (κ3) is 2.41. The van der Waals surface area contributed by atoms with Crippen LogP contribution in [0.2, 0.25) is 5.15 Å². The van der Waals surface area contributed by atoms with Gasteiger partial charge in [-0.1, -0.05) is 11.6 Å². The molecule has 0 spiro atoms. The van der Waals surface area contributed by atoms with Gasteiger partial charge in [-0.2, -0.15) is 0 Å². The molecule has 0 bridgehead atoms.